The van der Waals surface area contributed by atoms with E-state index in [0.29, 0.717) is 21.6 Å². The Morgan fingerprint density at radius 2 is 1.96 bits per heavy atom. The van der Waals surface area contributed by atoms with E-state index in [1.54, 1.807) is 49.4 Å². The van der Waals surface area contributed by atoms with Gasteiger partial charge in [-0.2, -0.15) is 0 Å². The lowest BCUT2D eigenvalue weighted by molar-refractivity contribution is -0.147. The number of nitrogens with zero attached hydrogens (tertiary/aromatic N) is 3. The third-order valence-electron chi connectivity index (χ3n) is 4.06. The standard InChI is InChI=1S/C19H17ClN4O4/c1-12-14(20)6-4-8-15(12)21-17(25)11-28-18(26)9-10-24-19(27)13-5-2-3-7-16(13)22-23-24/h2-8H,9-11H2,1H3,(H,21,25). The van der Waals surface area contributed by atoms with Gasteiger partial charge in [0.2, 0.25) is 0 Å². The number of esters is 1. The molecule has 0 spiro atoms. The average molecular weight is 401 g/mol. The molecule has 0 atom stereocenters. The van der Waals surface area contributed by atoms with Gasteiger partial charge in [-0.3, -0.25) is 14.4 Å². The molecule has 1 aromatic heterocycles. The normalized spacial score (nSPS) is 10.6. The molecule has 9 heteroatoms. The van der Waals surface area contributed by atoms with E-state index in [1.165, 1.54) is 0 Å². The van der Waals surface area contributed by atoms with Crippen LogP contribution < -0.4 is 10.9 Å². The second-order valence-corrected chi connectivity index (χ2v) is 6.41. The summed E-state index contributed by atoms with van der Waals surface area (Å²) in [4.78, 5) is 36.1. The molecule has 28 heavy (non-hydrogen) atoms. The van der Waals surface area contributed by atoms with Gasteiger partial charge in [-0.1, -0.05) is 35.0 Å². The van der Waals surface area contributed by atoms with Crippen molar-refractivity contribution in [3.8, 4) is 0 Å². The summed E-state index contributed by atoms with van der Waals surface area (Å²) in [6, 6.07) is 11.9. The number of hydrogen-bond donors (Lipinski definition) is 1. The van der Waals surface area contributed by atoms with Gasteiger partial charge < -0.3 is 10.1 Å². The molecule has 0 fully saturated rings. The van der Waals surface area contributed by atoms with Crippen molar-refractivity contribution >= 4 is 40.1 Å². The summed E-state index contributed by atoms with van der Waals surface area (Å²) in [5.41, 5.74) is 1.41. The minimum absolute atomic E-state index is 0.00449. The summed E-state index contributed by atoms with van der Waals surface area (Å²) in [5.74, 6) is -1.11. The Morgan fingerprint density at radius 1 is 1.18 bits per heavy atom. The Bertz CT molecular complexity index is 1100. The fourth-order valence-corrected chi connectivity index (χ4v) is 2.69. The van der Waals surface area contributed by atoms with Crippen LogP contribution in [0.3, 0.4) is 0 Å². The number of anilines is 1. The molecule has 144 valence electrons. The topological polar surface area (TPSA) is 103 Å². The van der Waals surface area contributed by atoms with Gasteiger partial charge in [0, 0.05) is 10.7 Å². The van der Waals surface area contributed by atoms with Crippen molar-refractivity contribution in [2.75, 3.05) is 11.9 Å². The molecular weight excluding hydrogens is 384 g/mol. The van der Waals surface area contributed by atoms with Gasteiger partial charge in [0.1, 0.15) is 5.52 Å². The summed E-state index contributed by atoms with van der Waals surface area (Å²) < 4.78 is 6.04. The van der Waals surface area contributed by atoms with Gasteiger partial charge in [0.15, 0.2) is 6.61 Å². The molecular formula is C19H17ClN4O4. The first kappa shape index (κ1) is 19.5. The molecule has 3 rings (SSSR count). The Kier molecular flexibility index (Phi) is 6.00. The van der Waals surface area contributed by atoms with Crippen LogP contribution in [0.15, 0.2) is 47.3 Å². The highest BCUT2D eigenvalue weighted by Crippen LogP contribution is 2.22. The first-order valence-corrected chi connectivity index (χ1v) is 8.86. The van der Waals surface area contributed by atoms with Crippen molar-refractivity contribution in [2.45, 2.75) is 19.9 Å². The van der Waals surface area contributed by atoms with Gasteiger partial charge in [0.25, 0.3) is 11.5 Å². The second kappa shape index (κ2) is 8.62. The molecule has 0 radical (unpaired) electrons. The van der Waals surface area contributed by atoms with E-state index in [-0.39, 0.29) is 18.5 Å². The molecule has 0 bridgehead atoms. The van der Waals surface area contributed by atoms with Crippen LogP contribution in [0.4, 0.5) is 5.69 Å². The van der Waals surface area contributed by atoms with Crippen molar-refractivity contribution in [3.63, 3.8) is 0 Å². The SMILES string of the molecule is Cc1c(Cl)cccc1NC(=O)COC(=O)CCn1nnc2ccccc2c1=O. The summed E-state index contributed by atoms with van der Waals surface area (Å²) in [5, 5.41) is 11.3. The zero-order chi connectivity index (χ0) is 20.1. The molecule has 2 aromatic carbocycles. The van der Waals surface area contributed by atoms with E-state index in [4.69, 9.17) is 16.3 Å². The molecule has 1 amide bonds. The van der Waals surface area contributed by atoms with E-state index in [2.05, 4.69) is 15.6 Å². The van der Waals surface area contributed by atoms with Crippen LogP contribution in [0.5, 0.6) is 0 Å². The lowest BCUT2D eigenvalue weighted by Crippen LogP contribution is -2.26. The number of benzene rings is 2. The van der Waals surface area contributed by atoms with Crippen molar-refractivity contribution in [2.24, 2.45) is 0 Å². The molecule has 8 nitrogen and oxygen atoms in total. The number of nitrogens with one attached hydrogen (secondary N) is 1. The number of halogens is 1. The van der Waals surface area contributed by atoms with Gasteiger partial charge >= 0.3 is 5.97 Å². The molecule has 0 saturated heterocycles. The van der Waals surface area contributed by atoms with Gasteiger partial charge in [0.05, 0.1) is 18.4 Å². The predicted octanol–water partition coefficient (Wildman–Crippen LogP) is 2.33. The van der Waals surface area contributed by atoms with Crippen LogP contribution in [-0.4, -0.2) is 33.5 Å². The fourth-order valence-electron chi connectivity index (χ4n) is 2.51. The van der Waals surface area contributed by atoms with E-state index in [0.717, 1.165) is 10.2 Å². The molecule has 0 aliphatic rings. The number of carbonyl (C=O) groups is 2. The minimum Gasteiger partial charge on any atom is -0.456 e. The number of fused-ring (bicyclic) bond motifs is 1. The Morgan fingerprint density at radius 3 is 2.79 bits per heavy atom. The Hall–Kier alpha value is -3.26. The number of aryl methyl sites for hydroxylation is 1. The van der Waals surface area contributed by atoms with Crippen LogP contribution in [0, 0.1) is 6.92 Å². The average Bonchev–Trinajstić information content (AvgIpc) is 2.69. The van der Waals surface area contributed by atoms with Crippen LogP contribution >= 0.6 is 11.6 Å². The zero-order valence-corrected chi connectivity index (χ0v) is 15.8. The van der Waals surface area contributed by atoms with E-state index >= 15 is 0 Å². The Labute approximate surface area is 165 Å². The lowest BCUT2D eigenvalue weighted by Gasteiger charge is -2.10. The van der Waals surface area contributed by atoms with E-state index in [9.17, 15) is 14.4 Å². The monoisotopic (exact) mass is 400 g/mol. The highest BCUT2D eigenvalue weighted by Gasteiger charge is 2.12. The Balaban J connectivity index is 1.52. The zero-order valence-electron chi connectivity index (χ0n) is 15.0. The maximum atomic E-state index is 12.3. The van der Waals surface area contributed by atoms with Crippen LogP contribution in [-0.2, 0) is 20.9 Å². The van der Waals surface area contributed by atoms with Crippen molar-refractivity contribution < 1.29 is 14.3 Å². The van der Waals surface area contributed by atoms with Crippen LogP contribution in [0.2, 0.25) is 5.02 Å². The summed E-state index contributed by atoms with van der Waals surface area (Å²) in [6.07, 6.45) is -0.115. The predicted molar refractivity (Wildman–Crippen MR) is 104 cm³/mol. The largest absolute Gasteiger partial charge is 0.456 e. The second-order valence-electron chi connectivity index (χ2n) is 6.01. The summed E-state index contributed by atoms with van der Waals surface area (Å²) in [7, 11) is 0. The quantitative estimate of drug-likeness (QED) is 0.637. The van der Waals surface area contributed by atoms with E-state index < -0.39 is 18.5 Å². The minimum atomic E-state index is -0.625. The molecule has 0 unspecified atom stereocenters. The van der Waals surface area contributed by atoms with Crippen LogP contribution in [0.25, 0.3) is 10.9 Å². The third kappa shape index (κ3) is 4.52. The summed E-state index contributed by atoms with van der Waals surface area (Å²) in [6.45, 7) is 1.33. The maximum absolute atomic E-state index is 12.3. The van der Waals surface area contributed by atoms with Gasteiger partial charge in [-0.25, -0.2) is 4.68 Å². The van der Waals surface area contributed by atoms with Crippen molar-refractivity contribution in [1.82, 2.24) is 15.0 Å². The molecule has 0 aliphatic heterocycles. The van der Waals surface area contributed by atoms with Crippen molar-refractivity contribution in [1.29, 1.82) is 0 Å². The highest BCUT2D eigenvalue weighted by atomic mass is 35.5. The number of hydrogen-bond acceptors (Lipinski definition) is 6. The number of aromatic nitrogens is 3. The molecule has 3 aromatic rings. The highest BCUT2D eigenvalue weighted by molar-refractivity contribution is 6.31. The maximum Gasteiger partial charge on any atom is 0.308 e. The van der Waals surface area contributed by atoms with Gasteiger partial charge in [-0.15, -0.1) is 5.10 Å². The van der Waals surface area contributed by atoms with E-state index in [1.807, 2.05) is 0 Å². The van der Waals surface area contributed by atoms with Gasteiger partial charge in [-0.05, 0) is 36.8 Å². The molecule has 1 N–H and O–H groups in total. The number of ether oxygens (including phenoxy) is 1. The third-order valence-corrected chi connectivity index (χ3v) is 4.47. The number of carbonyl (C=O) groups excluding carboxylic acids is 2. The van der Waals surface area contributed by atoms with Crippen molar-refractivity contribution in [3.05, 3.63) is 63.4 Å². The fraction of sp³-hybridized carbons (Fsp3) is 0.211. The summed E-state index contributed by atoms with van der Waals surface area (Å²) >= 11 is 6.00. The molecule has 1 heterocycles. The first-order valence-electron chi connectivity index (χ1n) is 8.49. The van der Waals surface area contributed by atoms with Crippen LogP contribution in [0.1, 0.15) is 12.0 Å². The number of amides is 1. The molecule has 0 saturated carbocycles. The smallest absolute Gasteiger partial charge is 0.308 e. The molecule has 0 aliphatic carbocycles. The lowest BCUT2D eigenvalue weighted by atomic mass is 10.2. The first-order chi connectivity index (χ1) is 13.5. The number of rotatable bonds is 6.